The fourth-order valence-corrected chi connectivity index (χ4v) is 1.24. The van der Waals surface area contributed by atoms with Crippen molar-refractivity contribution in [2.45, 2.75) is 19.7 Å². The molecule has 0 bridgehead atoms. The minimum Gasteiger partial charge on any atom is -0.475 e. The molecule has 0 amide bonds. The molecule has 0 aliphatic rings. The number of hydrogen-bond acceptors (Lipinski definition) is 4. The Kier molecular flexibility index (Phi) is 5.36. The van der Waals surface area contributed by atoms with Crippen LogP contribution in [0, 0.1) is 6.92 Å². The first-order chi connectivity index (χ1) is 8.42. The second-order valence-corrected chi connectivity index (χ2v) is 3.64. The predicted molar refractivity (Wildman–Crippen MR) is 57.3 cm³/mol. The summed E-state index contributed by atoms with van der Waals surface area (Å²) in [5.74, 6) is 0.322. The fraction of sp³-hybridized carbons (Fsp3) is 0.545. The zero-order valence-corrected chi connectivity index (χ0v) is 9.83. The van der Waals surface area contributed by atoms with Crippen molar-refractivity contribution in [3.05, 3.63) is 23.4 Å². The van der Waals surface area contributed by atoms with Gasteiger partial charge in [0, 0.05) is 11.8 Å². The molecule has 102 valence electrons. The Morgan fingerprint density at radius 3 is 2.61 bits per heavy atom. The first-order valence-electron chi connectivity index (χ1n) is 5.26. The Balaban J connectivity index is 2.31. The van der Waals surface area contributed by atoms with Gasteiger partial charge >= 0.3 is 6.18 Å². The third kappa shape index (κ3) is 5.33. The molecule has 0 atom stereocenters. The molecule has 0 aliphatic carbocycles. The summed E-state index contributed by atoms with van der Waals surface area (Å²) in [4.78, 5) is 3.94. The lowest BCUT2D eigenvalue weighted by molar-refractivity contribution is -0.175. The standard InChI is InChI=1S/C11H14F3NO3/c1-8-4-9(6-16)5-15-10(8)18-3-2-17-7-11(12,13)14/h4-5,16H,2-3,6-7H2,1H3. The molecule has 1 aromatic rings. The van der Waals surface area contributed by atoms with Crippen LogP contribution in [-0.4, -0.2) is 36.1 Å². The fourth-order valence-electron chi connectivity index (χ4n) is 1.24. The number of ether oxygens (including phenoxy) is 2. The maximum absolute atomic E-state index is 11.8. The molecule has 1 aromatic heterocycles. The maximum atomic E-state index is 11.8. The lowest BCUT2D eigenvalue weighted by atomic mass is 10.2. The summed E-state index contributed by atoms with van der Waals surface area (Å²) in [5.41, 5.74) is 1.35. The number of rotatable bonds is 6. The second-order valence-electron chi connectivity index (χ2n) is 3.64. The third-order valence-corrected chi connectivity index (χ3v) is 2.00. The SMILES string of the molecule is Cc1cc(CO)cnc1OCCOCC(F)(F)F. The summed E-state index contributed by atoms with van der Waals surface area (Å²) in [6, 6.07) is 1.69. The summed E-state index contributed by atoms with van der Waals surface area (Å²) in [6.07, 6.45) is -2.88. The van der Waals surface area contributed by atoms with Crippen LogP contribution in [0.1, 0.15) is 11.1 Å². The number of aryl methyl sites for hydroxylation is 1. The van der Waals surface area contributed by atoms with Crippen molar-refractivity contribution in [2.24, 2.45) is 0 Å². The van der Waals surface area contributed by atoms with Gasteiger partial charge in [0.1, 0.15) is 13.2 Å². The number of hydrogen-bond donors (Lipinski definition) is 1. The van der Waals surface area contributed by atoms with Gasteiger partial charge in [0.25, 0.3) is 0 Å². The van der Waals surface area contributed by atoms with Gasteiger partial charge in [0.15, 0.2) is 0 Å². The monoisotopic (exact) mass is 265 g/mol. The van der Waals surface area contributed by atoms with E-state index in [1.807, 2.05) is 0 Å². The largest absolute Gasteiger partial charge is 0.475 e. The van der Waals surface area contributed by atoms with E-state index in [0.29, 0.717) is 17.0 Å². The van der Waals surface area contributed by atoms with Gasteiger partial charge in [-0.25, -0.2) is 4.98 Å². The van der Waals surface area contributed by atoms with Gasteiger partial charge in [-0.05, 0) is 18.6 Å². The molecule has 4 nitrogen and oxygen atoms in total. The van der Waals surface area contributed by atoms with Crippen LogP contribution in [0.5, 0.6) is 5.88 Å². The molecule has 0 saturated carbocycles. The van der Waals surface area contributed by atoms with Crippen molar-refractivity contribution in [1.82, 2.24) is 4.98 Å². The smallest absolute Gasteiger partial charge is 0.411 e. The third-order valence-electron chi connectivity index (χ3n) is 2.00. The van der Waals surface area contributed by atoms with E-state index in [-0.39, 0.29) is 19.8 Å². The van der Waals surface area contributed by atoms with Crippen molar-refractivity contribution in [2.75, 3.05) is 19.8 Å². The van der Waals surface area contributed by atoms with Gasteiger partial charge in [0.2, 0.25) is 5.88 Å². The lowest BCUT2D eigenvalue weighted by Crippen LogP contribution is -2.19. The number of halogens is 3. The van der Waals surface area contributed by atoms with Crippen LogP contribution < -0.4 is 4.74 Å². The Labute approximate surface area is 102 Å². The van der Waals surface area contributed by atoms with E-state index in [1.165, 1.54) is 6.20 Å². The summed E-state index contributed by atoms with van der Waals surface area (Å²) in [7, 11) is 0. The summed E-state index contributed by atoms with van der Waals surface area (Å²) >= 11 is 0. The summed E-state index contributed by atoms with van der Waals surface area (Å²) in [6.45, 7) is 0.151. The second kappa shape index (κ2) is 6.55. The van der Waals surface area contributed by atoms with Gasteiger partial charge in [-0.15, -0.1) is 0 Å². The van der Waals surface area contributed by atoms with Crippen LogP contribution >= 0.6 is 0 Å². The van der Waals surface area contributed by atoms with Crippen LogP contribution in [-0.2, 0) is 11.3 Å². The highest BCUT2D eigenvalue weighted by molar-refractivity contribution is 5.28. The normalized spacial score (nSPS) is 11.6. The number of aliphatic hydroxyl groups is 1. The zero-order chi connectivity index (χ0) is 13.6. The Bertz CT molecular complexity index is 382. The molecule has 0 fully saturated rings. The van der Waals surface area contributed by atoms with Crippen LogP contribution in [0.2, 0.25) is 0 Å². The lowest BCUT2D eigenvalue weighted by Gasteiger charge is -2.10. The van der Waals surface area contributed by atoms with E-state index >= 15 is 0 Å². The van der Waals surface area contributed by atoms with Gasteiger partial charge in [-0.3, -0.25) is 0 Å². The van der Waals surface area contributed by atoms with Gasteiger partial charge < -0.3 is 14.6 Å². The van der Waals surface area contributed by atoms with Gasteiger partial charge in [0.05, 0.1) is 13.2 Å². The number of pyridine rings is 1. The predicted octanol–water partition coefficient (Wildman–Crippen LogP) is 1.84. The summed E-state index contributed by atoms with van der Waals surface area (Å²) in [5, 5.41) is 8.87. The van der Waals surface area contributed by atoms with Gasteiger partial charge in [-0.2, -0.15) is 13.2 Å². The molecular weight excluding hydrogens is 251 g/mol. The first-order valence-corrected chi connectivity index (χ1v) is 5.26. The highest BCUT2D eigenvalue weighted by Crippen LogP contribution is 2.16. The summed E-state index contributed by atoms with van der Waals surface area (Å²) < 4.78 is 44.8. The van der Waals surface area contributed by atoms with Crippen molar-refractivity contribution in [1.29, 1.82) is 0 Å². The molecule has 0 spiro atoms. The van der Waals surface area contributed by atoms with E-state index in [4.69, 9.17) is 9.84 Å². The first kappa shape index (κ1) is 14.7. The van der Waals surface area contributed by atoms with Crippen LogP contribution in [0.15, 0.2) is 12.3 Å². The van der Waals surface area contributed by atoms with E-state index in [9.17, 15) is 13.2 Å². The quantitative estimate of drug-likeness (QED) is 0.797. The molecule has 0 aromatic carbocycles. The minimum absolute atomic E-state index is 0.0115. The minimum atomic E-state index is -4.32. The van der Waals surface area contributed by atoms with Crippen molar-refractivity contribution >= 4 is 0 Å². The van der Waals surface area contributed by atoms with Crippen LogP contribution in [0.25, 0.3) is 0 Å². The maximum Gasteiger partial charge on any atom is 0.411 e. The zero-order valence-electron chi connectivity index (χ0n) is 9.83. The van der Waals surface area contributed by atoms with Crippen molar-refractivity contribution < 1.29 is 27.8 Å². The Morgan fingerprint density at radius 2 is 2.06 bits per heavy atom. The molecule has 1 heterocycles. The van der Waals surface area contributed by atoms with Crippen LogP contribution in [0.4, 0.5) is 13.2 Å². The average Bonchev–Trinajstić information content (AvgIpc) is 2.29. The molecule has 7 heteroatoms. The van der Waals surface area contributed by atoms with E-state index in [2.05, 4.69) is 9.72 Å². The number of aromatic nitrogens is 1. The van der Waals surface area contributed by atoms with Crippen LogP contribution in [0.3, 0.4) is 0 Å². The van der Waals surface area contributed by atoms with Crippen molar-refractivity contribution in [3.63, 3.8) is 0 Å². The van der Waals surface area contributed by atoms with E-state index < -0.39 is 12.8 Å². The number of aliphatic hydroxyl groups excluding tert-OH is 1. The molecule has 0 unspecified atom stereocenters. The number of alkyl halides is 3. The molecule has 1 N–H and O–H groups in total. The van der Waals surface area contributed by atoms with Gasteiger partial charge in [-0.1, -0.05) is 0 Å². The highest BCUT2D eigenvalue weighted by Gasteiger charge is 2.27. The van der Waals surface area contributed by atoms with E-state index in [0.717, 1.165) is 0 Å². The average molecular weight is 265 g/mol. The molecular formula is C11H14F3NO3. The van der Waals surface area contributed by atoms with E-state index in [1.54, 1.807) is 13.0 Å². The molecule has 0 radical (unpaired) electrons. The Morgan fingerprint density at radius 1 is 1.33 bits per heavy atom. The molecule has 18 heavy (non-hydrogen) atoms. The topological polar surface area (TPSA) is 51.6 Å². The van der Waals surface area contributed by atoms with Crippen molar-refractivity contribution in [3.8, 4) is 5.88 Å². The molecule has 0 saturated heterocycles. The molecule has 1 rings (SSSR count). The Hall–Kier alpha value is -1.34. The highest BCUT2D eigenvalue weighted by atomic mass is 19.4. The number of nitrogens with zero attached hydrogens (tertiary/aromatic N) is 1. The molecule has 0 aliphatic heterocycles.